The third-order valence-electron chi connectivity index (χ3n) is 4.57. The summed E-state index contributed by atoms with van der Waals surface area (Å²) in [4.78, 5) is 15.6. The smallest absolute Gasteiger partial charge is 0.317 e. The van der Waals surface area contributed by atoms with E-state index in [1.54, 1.807) is 28.3 Å². The lowest BCUT2D eigenvalue weighted by Gasteiger charge is -2.27. The van der Waals surface area contributed by atoms with E-state index in [1.807, 2.05) is 22.9 Å². The van der Waals surface area contributed by atoms with Gasteiger partial charge in [-0.2, -0.15) is 5.10 Å². The van der Waals surface area contributed by atoms with E-state index in [9.17, 15) is 4.79 Å². The molecule has 27 heavy (non-hydrogen) atoms. The molecule has 1 aromatic heterocycles. The van der Waals surface area contributed by atoms with Gasteiger partial charge in [0.25, 0.3) is 0 Å². The second-order valence-electron chi connectivity index (χ2n) is 6.83. The predicted molar refractivity (Wildman–Crippen MR) is 102 cm³/mol. The van der Waals surface area contributed by atoms with Crippen molar-refractivity contribution in [3.63, 3.8) is 0 Å². The number of rotatable bonds is 6. The zero-order valence-corrected chi connectivity index (χ0v) is 16.4. The number of urea groups is 1. The Morgan fingerprint density at radius 2 is 1.85 bits per heavy atom. The molecule has 0 saturated heterocycles. The first-order chi connectivity index (χ1) is 13.0. The minimum Gasteiger partial charge on any atom is -0.497 e. The first-order valence-corrected chi connectivity index (χ1v) is 8.93. The quantitative estimate of drug-likeness (QED) is 0.834. The van der Waals surface area contributed by atoms with E-state index in [2.05, 4.69) is 21.4 Å². The fourth-order valence-corrected chi connectivity index (χ4v) is 3.14. The number of nitrogens with one attached hydrogen (secondary N) is 1. The van der Waals surface area contributed by atoms with Crippen LogP contribution in [0.3, 0.4) is 0 Å². The highest BCUT2D eigenvalue weighted by Crippen LogP contribution is 2.24. The average Bonchev–Trinajstić information content (AvgIpc) is 3.07. The molecule has 146 valence electrons. The van der Waals surface area contributed by atoms with Gasteiger partial charge in [0.2, 0.25) is 0 Å². The molecule has 0 unspecified atom stereocenters. The van der Waals surface area contributed by atoms with Gasteiger partial charge in [0.1, 0.15) is 11.5 Å². The van der Waals surface area contributed by atoms with Crippen molar-refractivity contribution < 1.29 is 14.3 Å². The molecule has 8 heteroatoms. The summed E-state index contributed by atoms with van der Waals surface area (Å²) < 4.78 is 12.7. The van der Waals surface area contributed by atoms with Crippen molar-refractivity contribution in [1.29, 1.82) is 0 Å². The molecule has 2 aromatic rings. The van der Waals surface area contributed by atoms with Crippen LogP contribution in [-0.2, 0) is 26.2 Å². The molecule has 0 bridgehead atoms. The standard InChI is InChI=1S/C19H27N5O3/c1-22(2)19(25)20-11-15-9-16-13-23(5-6-24(16)21-15)12-14-7-17(26-3)10-18(8-14)27-4/h7-10H,5-6,11-13H2,1-4H3,(H,20,25). The van der Waals surface area contributed by atoms with E-state index in [-0.39, 0.29) is 6.03 Å². The lowest BCUT2D eigenvalue weighted by atomic mass is 10.1. The molecule has 0 aliphatic carbocycles. The number of hydrogen-bond acceptors (Lipinski definition) is 5. The molecule has 1 aliphatic heterocycles. The van der Waals surface area contributed by atoms with Gasteiger partial charge in [-0.05, 0) is 23.8 Å². The van der Waals surface area contributed by atoms with Gasteiger partial charge in [-0.3, -0.25) is 9.58 Å². The van der Waals surface area contributed by atoms with E-state index in [0.29, 0.717) is 6.54 Å². The van der Waals surface area contributed by atoms with Crippen LogP contribution < -0.4 is 14.8 Å². The topological polar surface area (TPSA) is 71.9 Å². The first kappa shape index (κ1) is 19.0. The Balaban J connectivity index is 1.64. The largest absolute Gasteiger partial charge is 0.497 e. The van der Waals surface area contributed by atoms with Gasteiger partial charge in [0.15, 0.2) is 0 Å². The molecule has 0 spiro atoms. The maximum atomic E-state index is 11.7. The summed E-state index contributed by atoms with van der Waals surface area (Å²) in [7, 11) is 6.77. The molecule has 0 saturated carbocycles. The number of nitrogens with zero attached hydrogens (tertiary/aromatic N) is 4. The number of aromatic nitrogens is 2. The van der Waals surface area contributed by atoms with Crippen molar-refractivity contribution >= 4 is 6.03 Å². The van der Waals surface area contributed by atoms with Gasteiger partial charge < -0.3 is 19.7 Å². The molecule has 3 rings (SSSR count). The van der Waals surface area contributed by atoms with Gasteiger partial charge >= 0.3 is 6.03 Å². The minimum absolute atomic E-state index is 0.116. The van der Waals surface area contributed by atoms with Crippen molar-refractivity contribution in [3.8, 4) is 11.5 Å². The minimum atomic E-state index is -0.116. The maximum absolute atomic E-state index is 11.7. The Morgan fingerprint density at radius 3 is 2.48 bits per heavy atom. The third kappa shape index (κ3) is 4.71. The van der Waals surface area contributed by atoms with Crippen molar-refractivity contribution in [2.24, 2.45) is 0 Å². The number of carbonyl (C=O) groups excluding carboxylic acids is 1. The van der Waals surface area contributed by atoms with Crippen molar-refractivity contribution in [2.45, 2.75) is 26.2 Å². The molecule has 0 radical (unpaired) electrons. The van der Waals surface area contributed by atoms with Crippen LogP contribution in [0.5, 0.6) is 11.5 Å². The summed E-state index contributed by atoms with van der Waals surface area (Å²) in [5, 5.41) is 7.45. The molecular formula is C19H27N5O3. The third-order valence-corrected chi connectivity index (χ3v) is 4.57. The van der Waals surface area contributed by atoms with Gasteiger partial charge in [-0.25, -0.2) is 4.79 Å². The van der Waals surface area contributed by atoms with Crippen LogP contribution in [0.15, 0.2) is 24.3 Å². The summed E-state index contributed by atoms with van der Waals surface area (Å²) in [5.41, 5.74) is 3.19. The molecule has 1 N–H and O–H groups in total. The van der Waals surface area contributed by atoms with Crippen LogP contribution in [0.1, 0.15) is 17.0 Å². The van der Waals surface area contributed by atoms with Crippen molar-refractivity contribution in [2.75, 3.05) is 34.9 Å². The Hall–Kier alpha value is -2.74. The van der Waals surface area contributed by atoms with Crippen LogP contribution in [0.25, 0.3) is 0 Å². The Bertz CT molecular complexity index is 780. The molecule has 2 heterocycles. The fourth-order valence-electron chi connectivity index (χ4n) is 3.14. The SMILES string of the molecule is COc1cc(CN2CCn3nc(CNC(=O)N(C)C)cc3C2)cc(OC)c1. The second-order valence-corrected chi connectivity index (χ2v) is 6.83. The molecule has 2 amide bonds. The molecule has 0 atom stereocenters. The highest BCUT2D eigenvalue weighted by Gasteiger charge is 2.19. The van der Waals surface area contributed by atoms with Gasteiger partial charge in [0.05, 0.1) is 38.7 Å². The maximum Gasteiger partial charge on any atom is 0.317 e. The number of hydrogen-bond donors (Lipinski definition) is 1. The van der Waals surface area contributed by atoms with Gasteiger partial charge in [-0.15, -0.1) is 0 Å². The van der Waals surface area contributed by atoms with Crippen LogP contribution in [0.4, 0.5) is 4.79 Å². The summed E-state index contributed by atoms with van der Waals surface area (Å²) in [5.74, 6) is 1.59. The molecule has 1 aromatic carbocycles. The van der Waals surface area contributed by atoms with Crippen molar-refractivity contribution in [3.05, 3.63) is 41.2 Å². The van der Waals surface area contributed by atoms with E-state index in [4.69, 9.17) is 9.47 Å². The second kappa shape index (κ2) is 8.30. The van der Waals surface area contributed by atoms with E-state index < -0.39 is 0 Å². The first-order valence-electron chi connectivity index (χ1n) is 8.93. The number of fused-ring (bicyclic) bond motifs is 1. The van der Waals surface area contributed by atoms with Gasteiger partial charge in [0, 0.05) is 39.8 Å². The Labute approximate surface area is 159 Å². The molecule has 1 aliphatic rings. The van der Waals surface area contributed by atoms with Crippen molar-refractivity contribution in [1.82, 2.24) is 24.9 Å². The number of carbonyl (C=O) groups is 1. The Kier molecular flexibility index (Phi) is 5.85. The zero-order chi connectivity index (χ0) is 19.4. The van der Waals surface area contributed by atoms with E-state index in [1.165, 1.54) is 4.90 Å². The highest BCUT2D eigenvalue weighted by molar-refractivity contribution is 5.73. The van der Waals surface area contributed by atoms with Gasteiger partial charge in [-0.1, -0.05) is 0 Å². The Morgan fingerprint density at radius 1 is 1.15 bits per heavy atom. The molecule has 0 fully saturated rings. The van der Waals surface area contributed by atoms with Crippen LogP contribution in [0.2, 0.25) is 0 Å². The lowest BCUT2D eigenvalue weighted by Crippen LogP contribution is -2.34. The van der Waals surface area contributed by atoms with Crippen LogP contribution in [-0.4, -0.2) is 60.5 Å². The van der Waals surface area contributed by atoms with E-state index in [0.717, 1.165) is 54.6 Å². The normalized spacial score (nSPS) is 13.8. The number of amides is 2. The summed E-state index contributed by atoms with van der Waals surface area (Å²) in [6.07, 6.45) is 0. The summed E-state index contributed by atoms with van der Waals surface area (Å²) >= 11 is 0. The highest BCUT2D eigenvalue weighted by atomic mass is 16.5. The predicted octanol–water partition coefficient (Wildman–Crippen LogP) is 1.69. The van der Waals surface area contributed by atoms with Crippen LogP contribution >= 0.6 is 0 Å². The molecular weight excluding hydrogens is 346 g/mol. The monoisotopic (exact) mass is 373 g/mol. The lowest BCUT2D eigenvalue weighted by molar-refractivity contribution is 0.204. The molecule has 8 nitrogen and oxygen atoms in total. The summed E-state index contributed by atoms with van der Waals surface area (Å²) in [6, 6.07) is 7.90. The number of benzene rings is 1. The van der Waals surface area contributed by atoms with E-state index >= 15 is 0 Å². The summed E-state index contributed by atoms with van der Waals surface area (Å²) in [6.45, 7) is 3.81. The van der Waals surface area contributed by atoms with Crippen LogP contribution in [0, 0.1) is 0 Å². The fraction of sp³-hybridized carbons (Fsp3) is 0.474. The zero-order valence-electron chi connectivity index (χ0n) is 16.4. The number of ether oxygens (including phenoxy) is 2. The number of methoxy groups -OCH3 is 2. The average molecular weight is 373 g/mol.